The molecule has 0 bridgehead atoms. The standard InChI is InChI=1S/C11H8N6O2S/c12-9-8-10(14-5-13-9)16-11(15-8)20-7-3-1-6(2-4-7)17(18)19/h1-5H,(H3,12,13,14,15,16). The number of non-ortho nitro benzene ring substituents is 1. The Morgan fingerprint density at radius 1 is 1.25 bits per heavy atom. The van der Waals surface area contributed by atoms with E-state index in [0.29, 0.717) is 22.1 Å². The number of aromatic nitrogens is 4. The second-order valence-electron chi connectivity index (χ2n) is 3.85. The van der Waals surface area contributed by atoms with Crippen molar-refractivity contribution in [3.8, 4) is 0 Å². The van der Waals surface area contributed by atoms with Crippen molar-refractivity contribution in [1.29, 1.82) is 0 Å². The third-order valence-electron chi connectivity index (χ3n) is 2.56. The van der Waals surface area contributed by atoms with Crippen molar-refractivity contribution in [2.75, 3.05) is 5.73 Å². The second kappa shape index (κ2) is 4.78. The van der Waals surface area contributed by atoms with E-state index in [-0.39, 0.29) is 5.69 Å². The third-order valence-corrected chi connectivity index (χ3v) is 3.45. The van der Waals surface area contributed by atoms with Crippen LogP contribution in [0.15, 0.2) is 40.6 Å². The van der Waals surface area contributed by atoms with Crippen molar-refractivity contribution in [2.24, 2.45) is 0 Å². The summed E-state index contributed by atoms with van der Waals surface area (Å²) >= 11 is 1.33. The lowest BCUT2D eigenvalue weighted by atomic mass is 10.3. The number of rotatable bonds is 3. The van der Waals surface area contributed by atoms with Crippen LogP contribution >= 0.6 is 11.8 Å². The number of fused-ring (bicyclic) bond motifs is 1. The van der Waals surface area contributed by atoms with Crippen LogP contribution in [0, 0.1) is 10.1 Å². The minimum Gasteiger partial charge on any atom is -0.382 e. The van der Waals surface area contributed by atoms with E-state index < -0.39 is 4.92 Å². The molecule has 0 aliphatic heterocycles. The van der Waals surface area contributed by atoms with Gasteiger partial charge in [0, 0.05) is 17.0 Å². The van der Waals surface area contributed by atoms with Crippen molar-refractivity contribution >= 4 is 34.4 Å². The summed E-state index contributed by atoms with van der Waals surface area (Å²) in [5, 5.41) is 11.2. The molecule has 0 saturated heterocycles. The Hall–Kier alpha value is -2.68. The lowest BCUT2D eigenvalue weighted by Gasteiger charge is -1.97. The molecule has 0 saturated carbocycles. The fraction of sp³-hybridized carbons (Fsp3) is 0. The Labute approximate surface area is 116 Å². The van der Waals surface area contributed by atoms with Crippen LogP contribution in [0.25, 0.3) is 11.2 Å². The summed E-state index contributed by atoms with van der Waals surface area (Å²) in [5.74, 6) is 0.332. The Bertz CT molecular complexity index is 785. The summed E-state index contributed by atoms with van der Waals surface area (Å²) in [5.41, 5.74) is 6.83. The molecule has 100 valence electrons. The summed E-state index contributed by atoms with van der Waals surface area (Å²) in [6.07, 6.45) is 1.35. The summed E-state index contributed by atoms with van der Waals surface area (Å²) < 4.78 is 0. The fourth-order valence-corrected chi connectivity index (χ4v) is 2.40. The number of nitro groups is 1. The first-order valence-electron chi connectivity index (χ1n) is 5.52. The van der Waals surface area contributed by atoms with Gasteiger partial charge >= 0.3 is 0 Å². The molecular weight excluding hydrogens is 280 g/mol. The summed E-state index contributed by atoms with van der Waals surface area (Å²) in [6, 6.07) is 6.20. The number of nitrogens with zero attached hydrogens (tertiary/aromatic N) is 4. The largest absolute Gasteiger partial charge is 0.382 e. The first-order chi connectivity index (χ1) is 9.63. The first kappa shape index (κ1) is 12.4. The van der Waals surface area contributed by atoms with Gasteiger partial charge in [-0.2, -0.15) is 0 Å². The van der Waals surface area contributed by atoms with E-state index in [1.807, 2.05) is 0 Å². The van der Waals surface area contributed by atoms with E-state index in [2.05, 4.69) is 19.9 Å². The minimum atomic E-state index is -0.439. The maximum Gasteiger partial charge on any atom is 0.269 e. The maximum atomic E-state index is 10.6. The van der Waals surface area contributed by atoms with Gasteiger partial charge in [0.05, 0.1) is 4.92 Å². The van der Waals surface area contributed by atoms with Crippen LogP contribution in [0.1, 0.15) is 0 Å². The number of anilines is 1. The van der Waals surface area contributed by atoms with Crippen LogP contribution in [-0.2, 0) is 0 Å². The Morgan fingerprint density at radius 3 is 2.65 bits per heavy atom. The molecule has 0 amide bonds. The summed E-state index contributed by atoms with van der Waals surface area (Å²) in [7, 11) is 0. The number of nitrogens with one attached hydrogen (secondary N) is 1. The number of nitrogen functional groups attached to an aromatic ring is 1. The van der Waals surface area contributed by atoms with Crippen LogP contribution in [0.2, 0.25) is 0 Å². The highest BCUT2D eigenvalue weighted by atomic mass is 32.2. The minimum absolute atomic E-state index is 0.0501. The van der Waals surface area contributed by atoms with Crippen molar-refractivity contribution in [1.82, 2.24) is 19.9 Å². The van der Waals surface area contributed by atoms with Crippen molar-refractivity contribution < 1.29 is 4.92 Å². The van der Waals surface area contributed by atoms with Crippen LogP contribution in [0.5, 0.6) is 0 Å². The summed E-state index contributed by atoms with van der Waals surface area (Å²) in [4.78, 5) is 26.1. The quantitative estimate of drug-likeness (QED) is 0.557. The van der Waals surface area contributed by atoms with E-state index >= 15 is 0 Å². The van der Waals surface area contributed by atoms with Crippen LogP contribution in [-0.4, -0.2) is 24.9 Å². The molecule has 0 atom stereocenters. The van der Waals surface area contributed by atoms with Gasteiger partial charge in [-0.1, -0.05) is 11.8 Å². The van der Waals surface area contributed by atoms with Crippen LogP contribution < -0.4 is 5.73 Å². The summed E-state index contributed by atoms with van der Waals surface area (Å²) in [6.45, 7) is 0. The maximum absolute atomic E-state index is 10.6. The zero-order chi connectivity index (χ0) is 14.1. The number of nitrogens with two attached hydrogens (primary N) is 1. The predicted octanol–water partition coefficient (Wildman–Crippen LogP) is 1.99. The molecule has 3 rings (SSSR count). The highest BCUT2D eigenvalue weighted by Gasteiger charge is 2.10. The first-order valence-corrected chi connectivity index (χ1v) is 6.33. The SMILES string of the molecule is Nc1ncnc2nc(Sc3ccc([N+](=O)[O-])cc3)[nH]c12. The van der Waals surface area contributed by atoms with Crippen molar-refractivity contribution in [2.45, 2.75) is 10.1 Å². The molecule has 0 aliphatic carbocycles. The average Bonchev–Trinajstić information content (AvgIpc) is 2.83. The molecule has 0 radical (unpaired) electrons. The molecule has 2 aromatic heterocycles. The molecule has 9 heteroatoms. The van der Waals surface area contributed by atoms with E-state index in [4.69, 9.17) is 5.73 Å². The third kappa shape index (κ3) is 2.26. The molecular formula is C11H8N6O2S. The lowest BCUT2D eigenvalue weighted by Crippen LogP contribution is -1.91. The highest BCUT2D eigenvalue weighted by Crippen LogP contribution is 2.28. The van der Waals surface area contributed by atoms with Crippen molar-refractivity contribution in [3.63, 3.8) is 0 Å². The topological polar surface area (TPSA) is 124 Å². The predicted molar refractivity (Wildman–Crippen MR) is 73.3 cm³/mol. The Kier molecular flexibility index (Phi) is 2.95. The smallest absolute Gasteiger partial charge is 0.269 e. The monoisotopic (exact) mass is 288 g/mol. The number of nitro benzene ring substituents is 1. The van der Waals surface area contributed by atoms with Gasteiger partial charge in [0.2, 0.25) is 0 Å². The second-order valence-corrected chi connectivity index (χ2v) is 4.91. The van der Waals surface area contributed by atoms with Gasteiger partial charge in [-0.25, -0.2) is 15.0 Å². The number of benzene rings is 1. The lowest BCUT2D eigenvalue weighted by molar-refractivity contribution is -0.384. The van der Waals surface area contributed by atoms with Gasteiger partial charge in [-0.05, 0) is 12.1 Å². The molecule has 1 aromatic carbocycles. The normalized spacial score (nSPS) is 10.8. The molecule has 8 nitrogen and oxygen atoms in total. The molecule has 2 heterocycles. The molecule has 0 aliphatic rings. The zero-order valence-electron chi connectivity index (χ0n) is 9.98. The Balaban J connectivity index is 1.89. The van der Waals surface area contributed by atoms with Gasteiger partial charge < -0.3 is 10.7 Å². The van der Waals surface area contributed by atoms with Gasteiger partial charge in [0.15, 0.2) is 16.6 Å². The van der Waals surface area contributed by atoms with Crippen LogP contribution in [0.4, 0.5) is 11.5 Å². The molecule has 0 fully saturated rings. The van der Waals surface area contributed by atoms with Crippen LogP contribution in [0.3, 0.4) is 0 Å². The molecule has 20 heavy (non-hydrogen) atoms. The highest BCUT2D eigenvalue weighted by molar-refractivity contribution is 7.99. The molecule has 3 aromatic rings. The molecule has 0 spiro atoms. The number of aromatic amines is 1. The van der Waals surface area contributed by atoms with Gasteiger partial charge in [0.25, 0.3) is 5.69 Å². The van der Waals surface area contributed by atoms with E-state index in [1.165, 1.54) is 30.2 Å². The average molecular weight is 288 g/mol. The van der Waals surface area contributed by atoms with E-state index in [1.54, 1.807) is 12.1 Å². The number of hydrogen-bond acceptors (Lipinski definition) is 7. The molecule has 3 N–H and O–H groups in total. The fourth-order valence-electron chi connectivity index (χ4n) is 1.62. The van der Waals surface area contributed by atoms with Gasteiger partial charge in [0.1, 0.15) is 11.8 Å². The van der Waals surface area contributed by atoms with Gasteiger partial charge in [-0.3, -0.25) is 10.1 Å². The number of hydrogen-bond donors (Lipinski definition) is 2. The Morgan fingerprint density at radius 2 is 2.00 bits per heavy atom. The number of H-pyrrole nitrogens is 1. The number of imidazole rings is 1. The van der Waals surface area contributed by atoms with Gasteiger partial charge in [-0.15, -0.1) is 0 Å². The van der Waals surface area contributed by atoms with E-state index in [9.17, 15) is 10.1 Å². The zero-order valence-corrected chi connectivity index (χ0v) is 10.8. The van der Waals surface area contributed by atoms with Crippen molar-refractivity contribution in [3.05, 3.63) is 40.7 Å². The molecule has 0 unspecified atom stereocenters. The van der Waals surface area contributed by atoms with E-state index in [0.717, 1.165) is 4.90 Å².